The van der Waals surface area contributed by atoms with Crippen LogP contribution in [-0.4, -0.2) is 30.1 Å². The number of alkyl halides is 3. The van der Waals surface area contributed by atoms with E-state index < -0.39 is 18.6 Å². The van der Waals surface area contributed by atoms with Gasteiger partial charge in [-0.1, -0.05) is 36.4 Å². The number of carbonyl (C=O) groups excluding carboxylic acids is 1. The molecule has 2 nitrogen and oxygen atoms in total. The molecule has 0 fully saturated rings. The summed E-state index contributed by atoms with van der Waals surface area (Å²) in [4.78, 5) is 12.6. The van der Waals surface area contributed by atoms with E-state index in [1.165, 1.54) is 12.2 Å². The third-order valence-corrected chi connectivity index (χ3v) is 2.60. The number of allylic oxidation sites excluding steroid dienone is 1. The molecule has 0 radical (unpaired) electrons. The van der Waals surface area contributed by atoms with Crippen LogP contribution in [0.4, 0.5) is 13.2 Å². The molecule has 1 aromatic carbocycles. The van der Waals surface area contributed by atoms with Crippen molar-refractivity contribution in [2.24, 2.45) is 0 Å². The molecule has 0 spiro atoms. The fourth-order valence-electron chi connectivity index (χ4n) is 1.67. The highest BCUT2D eigenvalue weighted by Gasteiger charge is 2.31. The van der Waals surface area contributed by atoms with E-state index in [-0.39, 0.29) is 6.54 Å². The van der Waals surface area contributed by atoms with Gasteiger partial charge in [0.25, 0.3) is 0 Å². The largest absolute Gasteiger partial charge is 0.406 e. The quantitative estimate of drug-likeness (QED) is 0.596. The van der Waals surface area contributed by atoms with Crippen molar-refractivity contribution in [3.8, 4) is 0 Å². The lowest BCUT2D eigenvalue weighted by Gasteiger charge is -2.21. The van der Waals surface area contributed by atoms with Crippen LogP contribution in [0.25, 0.3) is 5.57 Å². The Hall–Kier alpha value is -2.04. The zero-order valence-corrected chi connectivity index (χ0v) is 11.2. The van der Waals surface area contributed by atoms with Gasteiger partial charge in [-0.15, -0.1) is 6.58 Å². The Morgan fingerprint density at radius 3 is 2.40 bits per heavy atom. The molecule has 0 saturated carbocycles. The van der Waals surface area contributed by atoms with E-state index in [1.54, 1.807) is 31.2 Å². The number of amides is 1. The number of halogens is 3. The number of benzene rings is 1. The van der Waals surface area contributed by atoms with Crippen molar-refractivity contribution < 1.29 is 18.0 Å². The summed E-state index contributed by atoms with van der Waals surface area (Å²) < 4.78 is 37.2. The maximum atomic E-state index is 12.4. The molecule has 5 heteroatoms. The van der Waals surface area contributed by atoms with Gasteiger partial charge in [0.2, 0.25) is 5.91 Å². The molecule has 0 aromatic heterocycles. The highest BCUT2D eigenvalue weighted by atomic mass is 19.4. The average Bonchev–Trinajstić information content (AvgIpc) is 2.37. The predicted molar refractivity (Wildman–Crippen MR) is 72.9 cm³/mol. The van der Waals surface area contributed by atoms with Crippen LogP contribution in [0.3, 0.4) is 0 Å². The Balaban J connectivity index is 2.87. The summed E-state index contributed by atoms with van der Waals surface area (Å²) in [5.41, 5.74) is 1.42. The Kier molecular flexibility index (Phi) is 5.55. The zero-order chi connectivity index (χ0) is 15.2. The second-order valence-electron chi connectivity index (χ2n) is 4.32. The molecular weight excluding hydrogens is 267 g/mol. The lowest BCUT2D eigenvalue weighted by atomic mass is 10.1. The van der Waals surface area contributed by atoms with Crippen molar-refractivity contribution >= 4 is 11.5 Å². The molecule has 0 aliphatic heterocycles. The van der Waals surface area contributed by atoms with Gasteiger partial charge in [0, 0.05) is 12.6 Å². The molecular formula is C15H16F3NO. The summed E-state index contributed by atoms with van der Waals surface area (Å²) in [5.74, 6) is -0.677. The summed E-state index contributed by atoms with van der Waals surface area (Å²) >= 11 is 0. The molecule has 0 saturated heterocycles. The fraction of sp³-hybridized carbons (Fsp3) is 0.267. The monoisotopic (exact) mass is 283 g/mol. The zero-order valence-electron chi connectivity index (χ0n) is 11.2. The highest BCUT2D eigenvalue weighted by molar-refractivity contribution is 5.95. The van der Waals surface area contributed by atoms with Gasteiger partial charge in [-0.05, 0) is 18.1 Å². The van der Waals surface area contributed by atoms with E-state index in [0.29, 0.717) is 10.5 Å². The van der Waals surface area contributed by atoms with Gasteiger partial charge in [-0.2, -0.15) is 13.2 Å². The van der Waals surface area contributed by atoms with Crippen LogP contribution in [0.5, 0.6) is 0 Å². The smallest absolute Gasteiger partial charge is 0.326 e. The second-order valence-corrected chi connectivity index (χ2v) is 4.32. The molecule has 1 aromatic rings. The summed E-state index contributed by atoms with van der Waals surface area (Å²) in [7, 11) is 0. The van der Waals surface area contributed by atoms with Crippen molar-refractivity contribution in [2.45, 2.75) is 13.1 Å². The predicted octanol–water partition coefficient (Wildman–Crippen LogP) is 3.67. The SMILES string of the molecule is C=CCN(CC(F)(F)F)C(=O)/C=C(\C)c1ccccc1. The lowest BCUT2D eigenvalue weighted by Crippen LogP contribution is -2.38. The van der Waals surface area contributed by atoms with Crippen LogP contribution in [0, 0.1) is 0 Å². The van der Waals surface area contributed by atoms with E-state index in [9.17, 15) is 18.0 Å². The normalized spacial score (nSPS) is 12.1. The molecule has 0 heterocycles. The Morgan fingerprint density at radius 2 is 1.90 bits per heavy atom. The molecule has 0 atom stereocenters. The van der Waals surface area contributed by atoms with Crippen molar-refractivity contribution in [1.29, 1.82) is 0 Å². The number of hydrogen-bond acceptors (Lipinski definition) is 1. The molecule has 0 bridgehead atoms. The summed E-state index contributed by atoms with van der Waals surface area (Å²) in [5, 5.41) is 0. The first-order chi connectivity index (χ1) is 9.33. The van der Waals surface area contributed by atoms with Crippen LogP contribution in [-0.2, 0) is 4.79 Å². The number of carbonyl (C=O) groups is 1. The summed E-state index contributed by atoms with van der Waals surface area (Å²) in [6.07, 6.45) is -1.94. The summed E-state index contributed by atoms with van der Waals surface area (Å²) in [6.45, 7) is 3.63. The van der Waals surface area contributed by atoms with Crippen molar-refractivity contribution in [1.82, 2.24) is 4.90 Å². The second kappa shape index (κ2) is 6.93. The van der Waals surface area contributed by atoms with Gasteiger partial charge in [-0.3, -0.25) is 4.79 Å². The number of hydrogen-bond donors (Lipinski definition) is 0. The van der Waals surface area contributed by atoms with Gasteiger partial charge >= 0.3 is 6.18 Å². The minimum atomic E-state index is -4.42. The first-order valence-electron chi connectivity index (χ1n) is 6.04. The van der Waals surface area contributed by atoms with Gasteiger partial charge in [0.05, 0.1) is 0 Å². The average molecular weight is 283 g/mol. The van der Waals surface area contributed by atoms with E-state index in [4.69, 9.17) is 0 Å². The van der Waals surface area contributed by atoms with E-state index in [0.717, 1.165) is 5.56 Å². The van der Waals surface area contributed by atoms with E-state index in [2.05, 4.69) is 6.58 Å². The fourth-order valence-corrected chi connectivity index (χ4v) is 1.67. The standard InChI is InChI=1S/C15H16F3NO/c1-3-9-19(11-15(16,17)18)14(20)10-12(2)13-7-5-4-6-8-13/h3-8,10H,1,9,11H2,2H3/b12-10+. The number of nitrogens with zero attached hydrogens (tertiary/aromatic N) is 1. The maximum absolute atomic E-state index is 12.4. The molecule has 1 amide bonds. The van der Waals surface area contributed by atoms with Crippen LogP contribution < -0.4 is 0 Å². The van der Waals surface area contributed by atoms with Crippen LogP contribution in [0.1, 0.15) is 12.5 Å². The highest BCUT2D eigenvalue weighted by Crippen LogP contribution is 2.18. The van der Waals surface area contributed by atoms with E-state index >= 15 is 0 Å². The molecule has 0 aliphatic carbocycles. The molecule has 1 rings (SSSR count). The van der Waals surface area contributed by atoms with Crippen LogP contribution in [0.2, 0.25) is 0 Å². The first kappa shape index (κ1) is 16.0. The van der Waals surface area contributed by atoms with Crippen molar-refractivity contribution in [2.75, 3.05) is 13.1 Å². The topological polar surface area (TPSA) is 20.3 Å². The van der Waals surface area contributed by atoms with Gasteiger partial charge < -0.3 is 4.90 Å². The third kappa shape index (κ3) is 5.30. The Bertz CT molecular complexity index is 492. The van der Waals surface area contributed by atoms with Gasteiger partial charge in [-0.25, -0.2) is 0 Å². The minimum absolute atomic E-state index is 0.142. The van der Waals surface area contributed by atoms with Gasteiger partial charge in [0.15, 0.2) is 0 Å². The van der Waals surface area contributed by atoms with Crippen LogP contribution in [0.15, 0.2) is 49.1 Å². The van der Waals surface area contributed by atoms with Crippen molar-refractivity contribution in [3.05, 3.63) is 54.6 Å². The lowest BCUT2D eigenvalue weighted by molar-refractivity contribution is -0.157. The molecule has 0 aliphatic rings. The Morgan fingerprint density at radius 1 is 1.30 bits per heavy atom. The molecule has 0 N–H and O–H groups in total. The van der Waals surface area contributed by atoms with Crippen molar-refractivity contribution in [3.63, 3.8) is 0 Å². The number of rotatable bonds is 5. The maximum Gasteiger partial charge on any atom is 0.406 e. The first-order valence-corrected chi connectivity index (χ1v) is 6.04. The minimum Gasteiger partial charge on any atom is -0.326 e. The van der Waals surface area contributed by atoms with Gasteiger partial charge in [0.1, 0.15) is 6.54 Å². The molecule has 0 unspecified atom stereocenters. The van der Waals surface area contributed by atoms with E-state index in [1.807, 2.05) is 6.07 Å². The van der Waals surface area contributed by atoms with Crippen LogP contribution >= 0.6 is 0 Å². The molecule has 20 heavy (non-hydrogen) atoms. The molecule has 108 valence electrons. The Labute approximate surface area is 116 Å². The summed E-state index contributed by atoms with van der Waals surface area (Å²) in [6, 6.07) is 9.01. The third-order valence-electron chi connectivity index (χ3n) is 2.60.